The molecule has 0 amide bonds. The predicted molar refractivity (Wildman–Crippen MR) is 138 cm³/mol. The summed E-state index contributed by atoms with van der Waals surface area (Å²) < 4.78 is 15.8. The van der Waals surface area contributed by atoms with E-state index in [4.69, 9.17) is 9.47 Å². The molecule has 2 aliphatic rings. The third-order valence-corrected chi connectivity index (χ3v) is 8.00. The lowest BCUT2D eigenvalue weighted by atomic mass is 9.53. The molecule has 1 aromatic carbocycles. The summed E-state index contributed by atoms with van der Waals surface area (Å²) in [6, 6.07) is 8.11. The van der Waals surface area contributed by atoms with E-state index in [1.165, 1.54) is 0 Å². The van der Waals surface area contributed by atoms with Gasteiger partial charge in [0.05, 0.1) is 12.7 Å². The standard InChI is InChI=1S/C29H32N4O4/c1-18-10-6-7-11-20(18)24-21-12-8-9-13-29(21,3)19(2)25(36-27(34)22-14-32(4)16-30-22)26(24)37-28(35)23-15-33(5)17-31-23/h6-17,19,21,24-26H,1-5H3. The highest BCUT2D eigenvalue weighted by atomic mass is 16.6. The van der Waals surface area contributed by atoms with Crippen molar-refractivity contribution in [1.29, 1.82) is 0 Å². The Kier molecular flexibility index (Phi) is 6.35. The van der Waals surface area contributed by atoms with Crippen LogP contribution in [0.3, 0.4) is 0 Å². The molecule has 1 fully saturated rings. The Morgan fingerprint density at radius 1 is 0.919 bits per heavy atom. The molecular formula is C29H32N4O4. The molecule has 0 spiro atoms. The van der Waals surface area contributed by atoms with E-state index in [1.54, 1.807) is 48.3 Å². The van der Waals surface area contributed by atoms with Crippen LogP contribution in [-0.4, -0.2) is 43.2 Å². The molecular weight excluding hydrogens is 468 g/mol. The Morgan fingerprint density at radius 3 is 2.08 bits per heavy atom. The highest BCUT2D eigenvalue weighted by molar-refractivity contribution is 5.88. The van der Waals surface area contributed by atoms with Crippen LogP contribution in [0.2, 0.25) is 0 Å². The summed E-state index contributed by atoms with van der Waals surface area (Å²) in [6.07, 6.45) is 13.4. The van der Waals surface area contributed by atoms with Gasteiger partial charge in [-0.2, -0.15) is 0 Å². The first-order valence-electron chi connectivity index (χ1n) is 12.5. The molecule has 5 rings (SSSR count). The Morgan fingerprint density at radius 2 is 1.51 bits per heavy atom. The van der Waals surface area contributed by atoms with E-state index in [2.05, 4.69) is 55.0 Å². The topological polar surface area (TPSA) is 88.2 Å². The molecule has 0 radical (unpaired) electrons. The van der Waals surface area contributed by atoms with Crippen LogP contribution in [0.1, 0.15) is 51.9 Å². The van der Waals surface area contributed by atoms with Crippen LogP contribution >= 0.6 is 0 Å². The van der Waals surface area contributed by atoms with Crippen molar-refractivity contribution in [3.63, 3.8) is 0 Å². The summed E-state index contributed by atoms with van der Waals surface area (Å²) in [6.45, 7) is 6.30. The lowest BCUT2D eigenvalue weighted by Crippen LogP contribution is -2.57. The third-order valence-electron chi connectivity index (χ3n) is 8.00. The molecule has 0 saturated heterocycles. The van der Waals surface area contributed by atoms with E-state index in [0.717, 1.165) is 11.1 Å². The number of hydrogen-bond donors (Lipinski definition) is 0. The minimum absolute atomic E-state index is 0.0138. The van der Waals surface area contributed by atoms with Crippen molar-refractivity contribution in [3.05, 3.63) is 96.1 Å². The molecule has 0 aliphatic heterocycles. The Labute approximate surface area is 216 Å². The van der Waals surface area contributed by atoms with Crippen LogP contribution in [0.25, 0.3) is 0 Å². The maximum atomic E-state index is 13.4. The summed E-state index contributed by atoms with van der Waals surface area (Å²) in [5.74, 6) is -1.49. The average Bonchev–Trinajstić information content (AvgIpc) is 3.51. The number of carbonyl (C=O) groups is 2. The number of benzene rings is 1. The van der Waals surface area contributed by atoms with Gasteiger partial charge in [0, 0.05) is 38.3 Å². The highest BCUT2D eigenvalue weighted by Gasteiger charge is 2.57. The molecule has 0 bridgehead atoms. The van der Waals surface area contributed by atoms with Crippen LogP contribution in [0.15, 0.2) is 73.6 Å². The van der Waals surface area contributed by atoms with Crippen molar-refractivity contribution >= 4 is 11.9 Å². The molecule has 2 aliphatic carbocycles. The zero-order valence-electron chi connectivity index (χ0n) is 21.7. The first kappa shape index (κ1) is 24.7. The smallest absolute Gasteiger partial charge is 0.358 e. The molecule has 8 heteroatoms. The van der Waals surface area contributed by atoms with Gasteiger partial charge < -0.3 is 18.6 Å². The molecule has 3 aromatic rings. The van der Waals surface area contributed by atoms with Gasteiger partial charge in [0.15, 0.2) is 11.4 Å². The van der Waals surface area contributed by atoms with E-state index in [1.807, 2.05) is 24.3 Å². The summed E-state index contributed by atoms with van der Waals surface area (Å²) in [5.41, 5.74) is 2.22. The maximum Gasteiger partial charge on any atom is 0.358 e. The van der Waals surface area contributed by atoms with Crippen LogP contribution in [-0.2, 0) is 23.6 Å². The number of aryl methyl sites for hydroxylation is 3. The molecule has 6 unspecified atom stereocenters. The van der Waals surface area contributed by atoms with Gasteiger partial charge >= 0.3 is 11.9 Å². The van der Waals surface area contributed by atoms with Gasteiger partial charge in [0.2, 0.25) is 0 Å². The zero-order valence-corrected chi connectivity index (χ0v) is 21.7. The summed E-state index contributed by atoms with van der Waals surface area (Å²) in [5, 5.41) is 0. The number of esters is 2. The Hall–Kier alpha value is -3.94. The number of hydrogen-bond acceptors (Lipinski definition) is 6. The quantitative estimate of drug-likeness (QED) is 0.483. The van der Waals surface area contributed by atoms with Gasteiger partial charge in [0.25, 0.3) is 0 Å². The third kappa shape index (κ3) is 4.41. The molecule has 0 N–H and O–H groups in total. The van der Waals surface area contributed by atoms with E-state index >= 15 is 0 Å². The second kappa shape index (κ2) is 9.50. The number of allylic oxidation sites excluding steroid dienone is 4. The average molecular weight is 501 g/mol. The lowest BCUT2D eigenvalue weighted by Gasteiger charge is -2.54. The highest BCUT2D eigenvalue weighted by Crippen LogP contribution is 2.56. The fourth-order valence-corrected chi connectivity index (χ4v) is 5.82. The van der Waals surface area contributed by atoms with Crippen LogP contribution < -0.4 is 0 Å². The van der Waals surface area contributed by atoms with Gasteiger partial charge in [-0.3, -0.25) is 0 Å². The van der Waals surface area contributed by atoms with E-state index < -0.39 is 24.1 Å². The molecule has 1 saturated carbocycles. The van der Waals surface area contributed by atoms with E-state index in [0.29, 0.717) is 0 Å². The first-order chi connectivity index (χ1) is 17.7. The number of ether oxygens (including phenoxy) is 2. The molecule has 2 heterocycles. The number of carbonyl (C=O) groups excluding carboxylic acids is 2. The molecule has 8 nitrogen and oxygen atoms in total. The van der Waals surface area contributed by atoms with Gasteiger partial charge in [-0.1, -0.05) is 62.4 Å². The summed E-state index contributed by atoms with van der Waals surface area (Å²) in [7, 11) is 3.59. The molecule has 6 atom stereocenters. The fraction of sp³-hybridized carbons (Fsp3) is 0.379. The normalized spacial score (nSPS) is 28.5. The first-order valence-corrected chi connectivity index (χ1v) is 12.5. The summed E-state index contributed by atoms with van der Waals surface area (Å²) >= 11 is 0. The second-order valence-corrected chi connectivity index (χ2v) is 10.4. The lowest BCUT2D eigenvalue weighted by molar-refractivity contribution is -0.122. The van der Waals surface area contributed by atoms with Gasteiger partial charge in [-0.05, 0) is 29.4 Å². The number of imidazole rings is 2. The number of aromatic nitrogens is 4. The SMILES string of the molecule is Cc1ccccc1C1C(OC(=O)c2cn(C)cn2)C(OC(=O)c2cn(C)cn2)C(C)C2(C)C=CC=CC12. The van der Waals surface area contributed by atoms with Crippen molar-refractivity contribution < 1.29 is 19.1 Å². The fourth-order valence-electron chi connectivity index (χ4n) is 5.82. The van der Waals surface area contributed by atoms with Crippen molar-refractivity contribution in [2.45, 2.75) is 38.9 Å². The minimum atomic E-state index is -0.743. The van der Waals surface area contributed by atoms with Gasteiger partial charge in [-0.15, -0.1) is 0 Å². The molecule has 2 aromatic heterocycles. The second-order valence-electron chi connectivity index (χ2n) is 10.4. The monoisotopic (exact) mass is 500 g/mol. The predicted octanol–water partition coefficient (Wildman–Crippen LogP) is 4.40. The largest absolute Gasteiger partial charge is 0.453 e. The molecule has 37 heavy (non-hydrogen) atoms. The van der Waals surface area contributed by atoms with Gasteiger partial charge in [-0.25, -0.2) is 19.6 Å². The van der Waals surface area contributed by atoms with Crippen molar-refractivity contribution in [2.75, 3.05) is 0 Å². The van der Waals surface area contributed by atoms with Crippen LogP contribution in [0.5, 0.6) is 0 Å². The van der Waals surface area contributed by atoms with E-state index in [-0.39, 0.29) is 34.6 Å². The number of nitrogens with zero attached hydrogens (tertiary/aromatic N) is 4. The van der Waals surface area contributed by atoms with Crippen molar-refractivity contribution in [2.24, 2.45) is 31.3 Å². The van der Waals surface area contributed by atoms with Crippen LogP contribution in [0.4, 0.5) is 0 Å². The van der Waals surface area contributed by atoms with Crippen LogP contribution in [0, 0.1) is 24.2 Å². The molecule has 192 valence electrons. The minimum Gasteiger partial charge on any atom is -0.453 e. The van der Waals surface area contributed by atoms with Crippen molar-refractivity contribution in [1.82, 2.24) is 19.1 Å². The summed E-state index contributed by atoms with van der Waals surface area (Å²) in [4.78, 5) is 35.0. The van der Waals surface area contributed by atoms with Gasteiger partial charge in [0.1, 0.15) is 12.2 Å². The number of rotatable bonds is 5. The zero-order chi connectivity index (χ0) is 26.3. The number of fused-ring (bicyclic) bond motifs is 1. The van der Waals surface area contributed by atoms with E-state index in [9.17, 15) is 9.59 Å². The maximum absolute atomic E-state index is 13.4. The van der Waals surface area contributed by atoms with Crippen molar-refractivity contribution in [3.8, 4) is 0 Å². The Bertz CT molecular complexity index is 1390. The Balaban J connectivity index is 1.62.